The number of phenolic OH excluding ortho intramolecular Hbond substituents is 1. The van der Waals surface area contributed by atoms with Crippen molar-refractivity contribution >= 4 is 46.8 Å². The number of pyridine rings is 1. The Kier molecular flexibility index (Phi) is 8.05. The summed E-state index contributed by atoms with van der Waals surface area (Å²) in [6, 6.07) is 12.3. The summed E-state index contributed by atoms with van der Waals surface area (Å²) in [6.45, 7) is 2.07. The highest BCUT2D eigenvalue weighted by atomic mass is 32.2. The lowest BCUT2D eigenvalue weighted by Gasteiger charge is -2.10. The van der Waals surface area contributed by atoms with Crippen LogP contribution in [0.2, 0.25) is 0 Å². The zero-order valence-corrected chi connectivity index (χ0v) is 22.5. The van der Waals surface area contributed by atoms with Crippen LogP contribution in [-0.2, 0) is 5.75 Å². The number of fused-ring (bicyclic) bond motifs is 1. The molecule has 0 atom stereocenters. The molecule has 0 spiro atoms. The quantitative estimate of drug-likeness (QED) is 0.103. The van der Waals surface area contributed by atoms with Crippen LogP contribution in [0.1, 0.15) is 17.7 Å². The van der Waals surface area contributed by atoms with E-state index in [9.17, 15) is 15.2 Å². The smallest absolute Gasteiger partial charge is 0.368 e. The third-order valence-electron chi connectivity index (χ3n) is 5.44. The Bertz CT molecular complexity index is 1570. The van der Waals surface area contributed by atoms with E-state index in [1.54, 1.807) is 58.5 Å². The zero-order valence-electron chi connectivity index (χ0n) is 20.0. The van der Waals surface area contributed by atoms with E-state index in [1.165, 1.54) is 27.4 Å². The van der Waals surface area contributed by atoms with Crippen molar-refractivity contribution in [1.29, 1.82) is 0 Å². The first-order valence-electron chi connectivity index (χ1n) is 11.4. The van der Waals surface area contributed by atoms with Crippen LogP contribution in [0.15, 0.2) is 69.9 Å². The van der Waals surface area contributed by atoms with Gasteiger partial charge in [-0.15, -0.1) is 28.6 Å². The van der Waals surface area contributed by atoms with Gasteiger partial charge in [0, 0.05) is 28.7 Å². The molecule has 0 bridgehead atoms. The van der Waals surface area contributed by atoms with Crippen LogP contribution in [-0.4, -0.2) is 61.3 Å². The summed E-state index contributed by atoms with van der Waals surface area (Å²) in [4.78, 5) is 20.4. The third-order valence-corrected chi connectivity index (χ3v) is 8.62. The largest absolute Gasteiger partial charge is 0.508 e. The molecule has 0 aliphatic rings. The van der Waals surface area contributed by atoms with E-state index < -0.39 is 4.92 Å². The molecule has 4 heterocycles. The first-order chi connectivity index (χ1) is 18.5. The lowest BCUT2D eigenvalue weighted by Crippen LogP contribution is -2.00. The molecule has 12 nitrogen and oxygen atoms in total. The van der Waals surface area contributed by atoms with Crippen LogP contribution in [0.25, 0.3) is 11.3 Å². The minimum absolute atomic E-state index is 0.142. The van der Waals surface area contributed by atoms with Crippen molar-refractivity contribution in [3.63, 3.8) is 0 Å². The highest BCUT2D eigenvalue weighted by Gasteiger charge is 2.16. The van der Waals surface area contributed by atoms with Crippen LogP contribution in [0.3, 0.4) is 0 Å². The van der Waals surface area contributed by atoms with Gasteiger partial charge in [0.25, 0.3) is 0 Å². The number of benzene rings is 1. The van der Waals surface area contributed by atoms with Crippen molar-refractivity contribution in [2.75, 3.05) is 11.5 Å². The number of thioether (sulfide) groups is 3. The Balaban J connectivity index is 1.14. The van der Waals surface area contributed by atoms with Gasteiger partial charge in [0.1, 0.15) is 17.0 Å². The molecule has 0 fully saturated rings. The number of hydrogen-bond acceptors (Lipinski definition) is 12. The summed E-state index contributed by atoms with van der Waals surface area (Å²) >= 11 is 4.83. The van der Waals surface area contributed by atoms with Gasteiger partial charge in [0.15, 0.2) is 0 Å². The van der Waals surface area contributed by atoms with E-state index >= 15 is 0 Å². The molecule has 38 heavy (non-hydrogen) atoms. The van der Waals surface area contributed by atoms with Crippen LogP contribution >= 0.6 is 35.3 Å². The average Bonchev–Trinajstić information content (AvgIpc) is 3.56. The molecule has 0 amide bonds. The lowest BCUT2D eigenvalue weighted by atomic mass is 10.2. The lowest BCUT2D eigenvalue weighted by molar-refractivity contribution is -0.391. The molecular weight excluding hydrogens is 547 g/mol. The molecule has 1 N–H and O–H groups in total. The average molecular weight is 568 g/mol. The highest BCUT2D eigenvalue weighted by Crippen LogP contribution is 2.29. The summed E-state index contributed by atoms with van der Waals surface area (Å²) in [7, 11) is 0. The van der Waals surface area contributed by atoms with Crippen molar-refractivity contribution in [3.05, 3.63) is 76.2 Å². The van der Waals surface area contributed by atoms with Crippen LogP contribution in [0.4, 0.5) is 5.82 Å². The van der Waals surface area contributed by atoms with Gasteiger partial charge in [0.05, 0.1) is 11.4 Å². The van der Waals surface area contributed by atoms with E-state index in [2.05, 4.69) is 37.5 Å². The van der Waals surface area contributed by atoms with Crippen LogP contribution in [0, 0.1) is 17.0 Å². The van der Waals surface area contributed by atoms with Crippen molar-refractivity contribution in [2.24, 2.45) is 0 Å². The highest BCUT2D eigenvalue weighted by molar-refractivity contribution is 8.00. The van der Waals surface area contributed by atoms with Crippen molar-refractivity contribution in [3.8, 4) is 11.4 Å². The van der Waals surface area contributed by atoms with Gasteiger partial charge in [-0.25, -0.2) is 4.98 Å². The number of tetrazole rings is 1. The first-order valence-corrected chi connectivity index (χ1v) is 14.3. The summed E-state index contributed by atoms with van der Waals surface area (Å²) in [6.07, 6.45) is 3.98. The van der Waals surface area contributed by atoms with Crippen molar-refractivity contribution in [2.45, 2.75) is 34.2 Å². The number of nitro groups is 1. The molecule has 1 aromatic carbocycles. The molecule has 5 aromatic rings. The second kappa shape index (κ2) is 11.8. The van der Waals surface area contributed by atoms with E-state index in [1.807, 2.05) is 18.3 Å². The van der Waals surface area contributed by atoms with Crippen LogP contribution < -0.4 is 0 Å². The maximum absolute atomic E-state index is 11.1. The Labute approximate surface area is 229 Å². The Morgan fingerprint density at radius 3 is 2.66 bits per heavy atom. The maximum atomic E-state index is 11.1. The van der Waals surface area contributed by atoms with Gasteiger partial charge in [-0.2, -0.15) is 4.68 Å². The predicted molar refractivity (Wildman–Crippen MR) is 145 cm³/mol. The summed E-state index contributed by atoms with van der Waals surface area (Å²) in [5.74, 6) is 2.40. The second-order valence-corrected chi connectivity index (χ2v) is 11.1. The number of phenols is 1. The molecule has 4 aromatic heterocycles. The zero-order chi connectivity index (χ0) is 26.5. The molecule has 0 unspecified atom stereocenters. The minimum Gasteiger partial charge on any atom is -0.508 e. The maximum Gasteiger partial charge on any atom is 0.368 e. The molecule has 0 radical (unpaired) electrons. The second-order valence-electron chi connectivity index (χ2n) is 7.92. The Morgan fingerprint density at radius 2 is 1.84 bits per heavy atom. The number of aromatic hydroxyl groups is 1. The number of nitrogens with zero attached hydrogens (tertiary/aromatic N) is 9. The Morgan fingerprint density at radius 1 is 1.03 bits per heavy atom. The summed E-state index contributed by atoms with van der Waals surface area (Å²) in [5, 5.41) is 38.3. The SMILES string of the molecule is Cc1c(SCCCSc2ccc3ncc([N+](=O)[O-])n3n2)ccnc1CSc1nnnn1-c1ccc(O)cc1. The molecule has 0 saturated heterocycles. The van der Waals surface area contributed by atoms with Gasteiger partial charge in [0.2, 0.25) is 10.8 Å². The van der Waals surface area contributed by atoms with Crippen molar-refractivity contribution < 1.29 is 10.0 Å². The first kappa shape index (κ1) is 25.9. The van der Waals surface area contributed by atoms with E-state index in [-0.39, 0.29) is 11.6 Å². The number of imidazole rings is 1. The number of hydrogen-bond donors (Lipinski definition) is 1. The molecule has 0 aliphatic heterocycles. The fourth-order valence-electron chi connectivity index (χ4n) is 3.48. The number of aromatic nitrogens is 8. The number of rotatable bonds is 11. The van der Waals surface area contributed by atoms with E-state index in [0.29, 0.717) is 16.6 Å². The van der Waals surface area contributed by atoms with Gasteiger partial charge in [-0.3, -0.25) is 4.98 Å². The fraction of sp³-hybridized carbons (Fsp3) is 0.217. The van der Waals surface area contributed by atoms with Crippen molar-refractivity contribution in [1.82, 2.24) is 39.8 Å². The van der Waals surface area contributed by atoms with Gasteiger partial charge in [-0.1, -0.05) is 21.4 Å². The van der Waals surface area contributed by atoms with E-state index in [4.69, 9.17) is 0 Å². The van der Waals surface area contributed by atoms with Gasteiger partial charge < -0.3 is 15.2 Å². The Hall–Kier alpha value is -3.69. The topological polar surface area (TPSA) is 150 Å². The summed E-state index contributed by atoms with van der Waals surface area (Å²) in [5.41, 5.74) is 3.31. The monoisotopic (exact) mass is 567 g/mol. The molecule has 5 rings (SSSR count). The standard InChI is InChI=1S/C23H21N9O3S3/c1-15-18(14-38-23-26-28-29-30(23)16-3-5-17(33)6-4-16)24-10-9-19(15)36-11-2-12-37-21-8-7-20-25-13-22(32(34)35)31(20)27-21/h3-10,13,33H,2,11-12,14H2,1H3. The molecule has 0 saturated carbocycles. The normalized spacial score (nSPS) is 11.3. The minimum atomic E-state index is -0.487. The summed E-state index contributed by atoms with van der Waals surface area (Å²) < 4.78 is 2.90. The molecule has 15 heteroatoms. The van der Waals surface area contributed by atoms with Crippen LogP contribution in [0.5, 0.6) is 5.75 Å². The third kappa shape index (κ3) is 5.89. The van der Waals surface area contributed by atoms with Gasteiger partial charge >= 0.3 is 5.82 Å². The molecular formula is C23H21N9O3S3. The molecule has 194 valence electrons. The van der Waals surface area contributed by atoms with E-state index in [0.717, 1.165) is 39.9 Å². The predicted octanol–water partition coefficient (Wildman–Crippen LogP) is 4.59. The van der Waals surface area contributed by atoms with Gasteiger partial charge in [-0.05, 0) is 76.4 Å². The fourth-order valence-corrected chi connectivity index (χ4v) is 6.38. The molecule has 0 aliphatic carbocycles.